The Labute approximate surface area is 144 Å². The van der Waals surface area contributed by atoms with Crippen molar-refractivity contribution in [1.82, 2.24) is 0 Å². The van der Waals surface area contributed by atoms with Crippen molar-refractivity contribution in [1.29, 1.82) is 0 Å². The summed E-state index contributed by atoms with van der Waals surface area (Å²) in [7, 11) is 0. The Morgan fingerprint density at radius 3 is 2.52 bits per heavy atom. The zero-order chi connectivity index (χ0) is 16.4. The van der Waals surface area contributed by atoms with Gasteiger partial charge in [0, 0.05) is 5.02 Å². The van der Waals surface area contributed by atoms with Crippen LogP contribution in [0, 0.1) is 11.8 Å². The fourth-order valence-electron chi connectivity index (χ4n) is 4.24. The van der Waals surface area contributed by atoms with Gasteiger partial charge in [-0.2, -0.15) is 0 Å². The van der Waals surface area contributed by atoms with E-state index < -0.39 is 5.60 Å². The average Bonchev–Trinajstić information content (AvgIpc) is 2.84. The van der Waals surface area contributed by atoms with Crippen molar-refractivity contribution in [2.75, 3.05) is 0 Å². The van der Waals surface area contributed by atoms with Crippen LogP contribution in [-0.2, 0) is 5.60 Å². The van der Waals surface area contributed by atoms with E-state index >= 15 is 0 Å². The summed E-state index contributed by atoms with van der Waals surface area (Å²) in [6.07, 6.45) is 4.15. The normalized spacial score (nSPS) is 27.3. The molecule has 122 valence electrons. The molecule has 2 aromatic rings. The smallest absolute Gasteiger partial charge is 0.0933 e. The molecule has 0 saturated heterocycles. The lowest BCUT2D eigenvalue weighted by Crippen LogP contribution is -2.31. The van der Waals surface area contributed by atoms with Crippen molar-refractivity contribution >= 4 is 11.6 Å². The minimum atomic E-state index is -0.717. The first-order valence-corrected chi connectivity index (χ1v) is 9.00. The summed E-state index contributed by atoms with van der Waals surface area (Å²) >= 11 is 6.03. The first kappa shape index (κ1) is 16.5. The third-order valence-electron chi connectivity index (χ3n) is 5.21. The predicted molar refractivity (Wildman–Crippen MR) is 97.6 cm³/mol. The average molecular weight is 329 g/mol. The van der Waals surface area contributed by atoms with Gasteiger partial charge in [-0.15, -0.1) is 0 Å². The molecule has 0 radical (unpaired) electrons. The second-order valence-electron chi connectivity index (χ2n) is 7.01. The van der Waals surface area contributed by atoms with Crippen molar-refractivity contribution in [3.8, 4) is 11.1 Å². The van der Waals surface area contributed by atoms with Gasteiger partial charge in [0.2, 0.25) is 0 Å². The molecule has 1 aliphatic rings. The first-order valence-electron chi connectivity index (χ1n) is 8.62. The van der Waals surface area contributed by atoms with Gasteiger partial charge in [0.05, 0.1) is 5.60 Å². The molecule has 1 nitrogen and oxygen atoms in total. The van der Waals surface area contributed by atoms with Gasteiger partial charge >= 0.3 is 0 Å². The molecule has 2 heteroatoms. The fraction of sp³-hybridized carbons (Fsp3) is 0.429. The Balaban J connectivity index is 2.07. The van der Waals surface area contributed by atoms with Crippen LogP contribution in [0.3, 0.4) is 0 Å². The molecule has 3 rings (SSSR count). The summed E-state index contributed by atoms with van der Waals surface area (Å²) < 4.78 is 0. The summed E-state index contributed by atoms with van der Waals surface area (Å²) in [5.41, 5.74) is 2.60. The van der Waals surface area contributed by atoms with Crippen LogP contribution in [0.1, 0.15) is 45.1 Å². The summed E-state index contributed by atoms with van der Waals surface area (Å²) in [6, 6.07) is 16.2. The van der Waals surface area contributed by atoms with E-state index in [1.165, 1.54) is 0 Å². The minimum absolute atomic E-state index is 0.343. The molecular formula is C21H25ClO. The molecule has 2 aromatic carbocycles. The lowest BCUT2D eigenvalue weighted by molar-refractivity contribution is -0.00689. The highest BCUT2D eigenvalue weighted by Gasteiger charge is 2.46. The molecule has 1 aliphatic carbocycles. The molecule has 23 heavy (non-hydrogen) atoms. The zero-order valence-corrected chi connectivity index (χ0v) is 14.7. The predicted octanol–water partition coefficient (Wildman–Crippen LogP) is 6.04. The molecule has 0 bridgehead atoms. The second-order valence-corrected chi connectivity index (χ2v) is 7.44. The second kappa shape index (κ2) is 6.67. The van der Waals surface area contributed by atoms with Crippen LogP contribution in [-0.4, -0.2) is 5.11 Å². The van der Waals surface area contributed by atoms with Crippen LogP contribution in [0.25, 0.3) is 11.1 Å². The van der Waals surface area contributed by atoms with E-state index in [-0.39, 0.29) is 0 Å². The number of benzene rings is 2. The highest BCUT2D eigenvalue weighted by Crippen LogP contribution is 2.50. The molecule has 1 saturated carbocycles. The van der Waals surface area contributed by atoms with Gasteiger partial charge in [0.25, 0.3) is 0 Å². The number of rotatable bonds is 4. The Morgan fingerprint density at radius 1 is 1.13 bits per heavy atom. The Bertz CT molecular complexity index is 664. The maximum Gasteiger partial charge on any atom is 0.0933 e. The van der Waals surface area contributed by atoms with Crippen LogP contribution in [0.4, 0.5) is 0 Å². The van der Waals surface area contributed by atoms with Crippen molar-refractivity contribution in [3.05, 3.63) is 59.1 Å². The molecule has 0 aromatic heterocycles. The van der Waals surface area contributed by atoms with Crippen LogP contribution in [0.2, 0.25) is 5.02 Å². The number of hydrogen-bond donors (Lipinski definition) is 1. The topological polar surface area (TPSA) is 20.2 Å². The summed E-state index contributed by atoms with van der Waals surface area (Å²) in [6.45, 7) is 4.46. The van der Waals surface area contributed by atoms with Gasteiger partial charge in [-0.05, 0) is 59.9 Å². The van der Waals surface area contributed by atoms with Crippen LogP contribution < -0.4 is 0 Å². The Hall–Kier alpha value is -1.31. The van der Waals surface area contributed by atoms with Gasteiger partial charge in [0.1, 0.15) is 0 Å². The summed E-state index contributed by atoms with van der Waals surface area (Å²) in [4.78, 5) is 0. The van der Waals surface area contributed by atoms with Gasteiger partial charge in [0.15, 0.2) is 0 Å². The van der Waals surface area contributed by atoms with Crippen LogP contribution in [0.15, 0.2) is 48.5 Å². The van der Waals surface area contributed by atoms with E-state index in [4.69, 9.17) is 11.6 Å². The lowest BCUT2D eigenvalue weighted by atomic mass is 9.78. The number of aliphatic hydroxyl groups is 1. The molecule has 0 heterocycles. The standard InChI is InChI=1S/C21H25ClO/c1-3-6-17-13-15(2)14-21(17,23)20-8-5-4-7-19(20)16-9-11-18(22)12-10-16/h4-5,7-12,15,17,23H,3,6,13-14H2,1-2H3. The monoisotopic (exact) mass is 328 g/mol. The van der Waals surface area contributed by atoms with E-state index in [9.17, 15) is 5.11 Å². The van der Waals surface area contributed by atoms with Gasteiger partial charge < -0.3 is 5.11 Å². The fourth-order valence-corrected chi connectivity index (χ4v) is 4.36. The van der Waals surface area contributed by atoms with Crippen molar-refractivity contribution < 1.29 is 5.11 Å². The quantitative estimate of drug-likeness (QED) is 0.725. The van der Waals surface area contributed by atoms with E-state index in [1.54, 1.807) is 0 Å². The summed E-state index contributed by atoms with van der Waals surface area (Å²) in [5.74, 6) is 0.908. The van der Waals surface area contributed by atoms with E-state index in [0.717, 1.165) is 47.4 Å². The van der Waals surface area contributed by atoms with Crippen molar-refractivity contribution in [2.24, 2.45) is 11.8 Å². The minimum Gasteiger partial charge on any atom is -0.385 e. The van der Waals surface area contributed by atoms with E-state index in [0.29, 0.717) is 11.8 Å². The highest BCUT2D eigenvalue weighted by atomic mass is 35.5. The van der Waals surface area contributed by atoms with Gasteiger partial charge in [-0.3, -0.25) is 0 Å². The summed E-state index contributed by atoms with van der Waals surface area (Å²) in [5, 5.41) is 12.3. The van der Waals surface area contributed by atoms with E-state index in [2.05, 4.69) is 26.0 Å². The zero-order valence-electron chi connectivity index (χ0n) is 13.9. The maximum absolute atomic E-state index is 11.6. The van der Waals surface area contributed by atoms with Crippen LogP contribution in [0.5, 0.6) is 0 Å². The lowest BCUT2D eigenvalue weighted by Gasteiger charge is -2.32. The molecule has 0 amide bonds. The van der Waals surface area contributed by atoms with E-state index in [1.807, 2.05) is 36.4 Å². The van der Waals surface area contributed by atoms with Crippen molar-refractivity contribution in [2.45, 2.75) is 45.1 Å². The number of hydrogen-bond acceptors (Lipinski definition) is 1. The SMILES string of the molecule is CCCC1CC(C)CC1(O)c1ccccc1-c1ccc(Cl)cc1. The molecular weight excluding hydrogens is 304 g/mol. The van der Waals surface area contributed by atoms with Crippen LogP contribution >= 0.6 is 11.6 Å². The highest BCUT2D eigenvalue weighted by molar-refractivity contribution is 6.30. The molecule has 3 atom stereocenters. The Morgan fingerprint density at radius 2 is 1.83 bits per heavy atom. The van der Waals surface area contributed by atoms with Gasteiger partial charge in [-0.1, -0.05) is 68.3 Å². The number of halogens is 1. The molecule has 0 aliphatic heterocycles. The van der Waals surface area contributed by atoms with Gasteiger partial charge in [-0.25, -0.2) is 0 Å². The molecule has 1 fully saturated rings. The largest absolute Gasteiger partial charge is 0.385 e. The molecule has 3 unspecified atom stereocenters. The first-order chi connectivity index (χ1) is 11.0. The van der Waals surface area contributed by atoms with Crippen molar-refractivity contribution in [3.63, 3.8) is 0 Å². The Kier molecular flexibility index (Phi) is 4.79. The molecule has 1 N–H and O–H groups in total. The maximum atomic E-state index is 11.6. The third kappa shape index (κ3) is 3.18. The molecule has 0 spiro atoms. The third-order valence-corrected chi connectivity index (χ3v) is 5.46.